The van der Waals surface area contributed by atoms with Crippen molar-refractivity contribution in [1.29, 1.82) is 0 Å². The van der Waals surface area contributed by atoms with Crippen LogP contribution in [0.1, 0.15) is 36.4 Å². The Hall–Kier alpha value is -4.33. The number of ether oxygens (including phenoxy) is 2. The third-order valence-electron chi connectivity index (χ3n) is 9.69. The molecule has 2 aromatic heterocycles. The van der Waals surface area contributed by atoms with Crippen LogP contribution >= 0.6 is 0 Å². The molecular weight excluding hydrogens is 606 g/mol. The van der Waals surface area contributed by atoms with Crippen LogP contribution in [0.25, 0.3) is 11.1 Å². The molecule has 0 spiro atoms. The second-order valence-corrected chi connectivity index (χ2v) is 12.5. The maximum Gasteiger partial charge on any atom is 0.164 e. The standard InChI is InChI=1S/C34H38F2N8O3/c1-41-20-22(19-39-41)26-17-28(34-25(7-13-46-34)33(26)43-9-5-23(6-10-43)42-11-15-45-16-12-42)40-30-18-31(38-21-37-30)44-29(8-14-47-44)24-3-2-4-27(35)32(24)36/h2-4,17-21,23,29H,5-16H2,1H3,(H,37,38,40)/t29-/m1/s1. The van der Waals surface area contributed by atoms with E-state index in [0.717, 1.165) is 87.3 Å². The molecule has 0 amide bonds. The Labute approximate surface area is 272 Å². The van der Waals surface area contributed by atoms with Gasteiger partial charge in [-0.15, -0.1) is 0 Å². The normalized spacial score (nSPS) is 20.4. The number of morpholine rings is 1. The summed E-state index contributed by atoms with van der Waals surface area (Å²) in [5, 5.41) is 9.52. The highest BCUT2D eigenvalue weighted by molar-refractivity contribution is 5.89. The number of anilines is 4. The van der Waals surface area contributed by atoms with Gasteiger partial charge in [0.2, 0.25) is 0 Å². The van der Waals surface area contributed by atoms with Gasteiger partial charge in [-0.25, -0.2) is 23.8 Å². The molecule has 4 aliphatic rings. The lowest BCUT2D eigenvalue weighted by atomic mass is 9.95. The third-order valence-corrected chi connectivity index (χ3v) is 9.69. The molecule has 1 atom stereocenters. The summed E-state index contributed by atoms with van der Waals surface area (Å²) in [6, 6.07) is 8.14. The first-order valence-corrected chi connectivity index (χ1v) is 16.4. The van der Waals surface area contributed by atoms with E-state index in [9.17, 15) is 8.78 Å². The van der Waals surface area contributed by atoms with Gasteiger partial charge in [-0.2, -0.15) is 5.10 Å². The second-order valence-electron chi connectivity index (χ2n) is 12.5. The highest BCUT2D eigenvalue weighted by Gasteiger charge is 2.34. The highest BCUT2D eigenvalue weighted by atomic mass is 19.2. The molecule has 4 aromatic rings. The Kier molecular flexibility index (Phi) is 8.11. The fourth-order valence-corrected chi connectivity index (χ4v) is 7.42. The van der Waals surface area contributed by atoms with Gasteiger partial charge < -0.3 is 19.7 Å². The Balaban J connectivity index is 1.10. The van der Waals surface area contributed by atoms with Gasteiger partial charge in [0.05, 0.1) is 50.0 Å². The Bertz CT molecular complexity index is 1760. The van der Waals surface area contributed by atoms with E-state index in [2.05, 4.69) is 36.2 Å². The summed E-state index contributed by atoms with van der Waals surface area (Å²) in [6.07, 6.45) is 8.89. The molecule has 2 aromatic carbocycles. The topological polar surface area (TPSA) is 93.0 Å². The molecule has 11 nitrogen and oxygen atoms in total. The fraction of sp³-hybridized carbons (Fsp3) is 0.441. The van der Waals surface area contributed by atoms with E-state index in [1.54, 1.807) is 12.1 Å². The summed E-state index contributed by atoms with van der Waals surface area (Å²) in [4.78, 5) is 19.9. The minimum absolute atomic E-state index is 0.229. The summed E-state index contributed by atoms with van der Waals surface area (Å²) in [5.41, 5.74) is 5.54. The number of nitrogens with zero attached hydrogens (tertiary/aromatic N) is 7. The van der Waals surface area contributed by atoms with Crippen LogP contribution in [-0.2, 0) is 23.0 Å². The first kappa shape index (κ1) is 30.0. The van der Waals surface area contributed by atoms with Gasteiger partial charge >= 0.3 is 0 Å². The van der Waals surface area contributed by atoms with Gasteiger partial charge in [-0.1, -0.05) is 12.1 Å². The SMILES string of the molecule is Cn1cc(-c2cc(Nc3cc(N4OCC[C@@H]4c4cccc(F)c4F)ncn3)c3c(c2N2CCC(N4CCOCC4)CC2)CCO3)cn1. The lowest BCUT2D eigenvalue weighted by molar-refractivity contribution is 0.0115. The number of rotatable bonds is 7. The lowest BCUT2D eigenvalue weighted by Crippen LogP contribution is -2.49. The van der Waals surface area contributed by atoms with Crippen LogP contribution in [0.5, 0.6) is 5.75 Å². The molecule has 0 radical (unpaired) electrons. The number of fused-ring (bicyclic) bond motifs is 1. The Morgan fingerprint density at radius 2 is 1.81 bits per heavy atom. The van der Waals surface area contributed by atoms with Crippen molar-refractivity contribution in [3.63, 3.8) is 0 Å². The fourth-order valence-electron chi connectivity index (χ4n) is 7.42. The molecule has 4 aliphatic heterocycles. The molecule has 0 bridgehead atoms. The molecule has 1 N–H and O–H groups in total. The number of aromatic nitrogens is 4. The van der Waals surface area contributed by atoms with Crippen molar-refractivity contribution in [2.75, 3.05) is 67.9 Å². The van der Waals surface area contributed by atoms with E-state index < -0.39 is 17.7 Å². The predicted molar refractivity (Wildman–Crippen MR) is 173 cm³/mol. The van der Waals surface area contributed by atoms with Crippen molar-refractivity contribution in [3.8, 4) is 16.9 Å². The highest BCUT2D eigenvalue weighted by Crippen LogP contribution is 2.48. The van der Waals surface area contributed by atoms with Gasteiger partial charge in [0.15, 0.2) is 17.5 Å². The molecule has 0 saturated carbocycles. The first-order chi connectivity index (χ1) is 23.0. The smallest absolute Gasteiger partial charge is 0.164 e. The number of aryl methyl sites for hydroxylation is 1. The van der Waals surface area contributed by atoms with Crippen molar-refractivity contribution < 1.29 is 23.1 Å². The molecule has 0 aliphatic carbocycles. The zero-order valence-electron chi connectivity index (χ0n) is 26.4. The van der Waals surface area contributed by atoms with E-state index >= 15 is 0 Å². The van der Waals surface area contributed by atoms with Crippen LogP contribution in [0, 0.1) is 11.6 Å². The van der Waals surface area contributed by atoms with Crippen molar-refractivity contribution in [1.82, 2.24) is 24.6 Å². The molecule has 246 valence electrons. The summed E-state index contributed by atoms with van der Waals surface area (Å²) < 4.78 is 42.5. The van der Waals surface area contributed by atoms with Gasteiger partial charge in [-0.3, -0.25) is 14.4 Å². The molecule has 6 heterocycles. The third kappa shape index (κ3) is 5.76. The molecule has 13 heteroatoms. The van der Waals surface area contributed by atoms with Crippen LogP contribution in [0.3, 0.4) is 0 Å². The van der Waals surface area contributed by atoms with Gasteiger partial charge in [0, 0.05) is 86.6 Å². The molecule has 47 heavy (non-hydrogen) atoms. The van der Waals surface area contributed by atoms with Crippen LogP contribution in [0.15, 0.2) is 49.1 Å². The zero-order chi connectivity index (χ0) is 31.9. The quantitative estimate of drug-likeness (QED) is 0.296. The van der Waals surface area contributed by atoms with E-state index in [1.165, 1.54) is 28.7 Å². The Morgan fingerprint density at radius 1 is 0.957 bits per heavy atom. The molecule has 8 rings (SSSR count). The summed E-state index contributed by atoms with van der Waals surface area (Å²) >= 11 is 0. The van der Waals surface area contributed by atoms with E-state index in [-0.39, 0.29) is 5.56 Å². The molecule has 3 fully saturated rings. The maximum absolute atomic E-state index is 14.8. The molecule has 3 saturated heterocycles. The van der Waals surface area contributed by atoms with Crippen LogP contribution in [-0.4, -0.2) is 83.3 Å². The van der Waals surface area contributed by atoms with Crippen molar-refractivity contribution in [2.24, 2.45) is 7.05 Å². The van der Waals surface area contributed by atoms with Crippen molar-refractivity contribution >= 4 is 23.0 Å². The average molecular weight is 645 g/mol. The van der Waals surface area contributed by atoms with Gasteiger partial charge in [0.25, 0.3) is 0 Å². The minimum Gasteiger partial charge on any atom is -0.491 e. The number of nitrogens with one attached hydrogen (secondary N) is 1. The van der Waals surface area contributed by atoms with E-state index in [1.807, 2.05) is 24.1 Å². The maximum atomic E-state index is 14.8. The number of halogens is 2. The van der Waals surface area contributed by atoms with Gasteiger partial charge in [0.1, 0.15) is 17.9 Å². The minimum atomic E-state index is -0.886. The number of hydrogen-bond donors (Lipinski definition) is 1. The average Bonchev–Trinajstić information content (AvgIpc) is 3.88. The predicted octanol–water partition coefficient (Wildman–Crippen LogP) is 5.02. The molecule has 0 unspecified atom stereocenters. The van der Waals surface area contributed by atoms with E-state index in [0.29, 0.717) is 37.3 Å². The van der Waals surface area contributed by atoms with E-state index in [4.69, 9.17) is 14.3 Å². The molecular formula is C34H38F2N8O3. The van der Waals surface area contributed by atoms with Gasteiger partial charge in [-0.05, 0) is 25.0 Å². The summed E-state index contributed by atoms with van der Waals surface area (Å²) in [6.45, 7) is 6.52. The number of hydroxylamine groups is 1. The largest absolute Gasteiger partial charge is 0.491 e. The van der Waals surface area contributed by atoms with Crippen molar-refractivity contribution in [2.45, 2.75) is 37.8 Å². The van der Waals surface area contributed by atoms with Crippen LogP contribution < -0.4 is 20.0 Å². The Morgan fingerprint density at radius 3 is 2.62 bits per heavy atom. The number of benzene rings is 2. The summed E-state index contributed by atoms with van der Waals surface area (Å²) in [7, 11) is 1.93. The number of hydrogen-bond acceptors (Lipinski definition) is 10. The lowest BCUT2D eigenvalue weighted by Gasteiger charge is -2.41. The number of piperidine rings is 1. The monoisotopic (exact) mass is 644 g/mol. The van der Waals surface area contributed by atoms with Crippen LogP contribution in [0.2, 0.25) is 0 Å². The van der Waals surface area contributed by atoms with Crippen LogP contribution in [0.4, 0.5) is 31.8 Å². The zero-order valence-corrected chi connectivity index (χ0v) is 26.4. The second kappa shape index (κ2) is 12.7. The van der Waals surface area contributed by atoms with Crippen molar-refractivity contribution in [3.05, 3.63) is 71.8 Å². The first-order valence-electron chi connectivity index (χ1n) is 16.4. The summed E-state index contributed by atoms with van der Waals surface area (Å²) in [5.74, 6) is 0.0284.